The number of carbonyl (C=O) groups is 2. The molecule has 200 valence electrons. The smallest absolute Gasteiger partial charge is 0.307 e. The standard InChI is InChI=1S/C26H47N5O4/c1-3-35-24(32)14-23-25(33)31(13-12-27-23)17-18-4-8-21(9-5-18)30-26-28-15-20(16-29-26)19-6-10-22(34-2)11-7-19/h18-23,26-30H,3-17H2,1-2H3. The summed E-state index contributed by atoms with van der Waals surface area (Å²) in [6, 6.07) is 0.0725. The number of hydrogen-bond donors (Lipinski definition) is 4. The maximum Gasteiger partial charge on any atom is 0.307 e. The van der Waals surface area contributed by atoms with Crippen molar-refractivity contribution in [3.63, 3.8) is 0 Å². The van der Waals surface area contributed by atoms with Crippen LogP contribution < -0.4 is 21.3 Å². The third kappa shape index (κ3) is 7.61. The fourth-order valence-corrected chi connectivity index (χ4v) is 6.51. The van der Waals surface area contributed by atoms with E-state index >= 15 is 0 Å². The monoisotopic (exact) mass is 493 g/mol. The quantitative estimate of drug-likeness (QED) is 0.355. The van der Waals surface area contributed by atoms with Gasteiger partial charge in [-0.1, -0.05) is 0 Å². The predicted molar refractivity (Wildman–Crippen MR) is 135 cm³/mol. The minimum atomic E-state index is -0.442. The van der Waals surface area contributed by atoms with Gasteiger partial charge in [0.05, 0.1) is 25.2 Å². The van der Waals surface area contributed by atoms with Gasteiger partial charge in [0.2, 0.25) is 5.91 Å². The Morgan fingerprint density at radius 3 is 2.37 bits per heavy atom. The van der Waals surface area contributed by atoms with Crippen molar-refractivity contribution in [1.82, 2.24) is 26.2 Å². The number of nitrogens with one attached hydrogen (secondary N) is 4. The van der Waals surface area contributed by atoms with E-state index in [1.165, 1.54) is 25.7 Å². The summed E-state index contributed by atoms with van der Waals surface area (Å²) >= 11 is 0. The first-order valence-electron chi connectivity index (χ1n) is 14.0. The minimum absolute atomic E-state index is 0.0467. The number of nitrogens with zero attached hydrogens (tertiary/aromatic N) is 1. The number of hydrogen-bond acceptors (Lipinski definition) is 8. The summed E-state index contributed by atoms with van der Waals surface area (Å²) in [6.45, 7) is 6.57. The molecule has 4 fully saturated rings. The zero-order valence-electron chi connectivity index (χ0n) is 21.7. The Hall–Kier alpha value is -1.26. The number of methoxy groups -OCH3 is 1. The molecule has 35 heavy (non-hydrogen) atoms. The van der Waals surface area contributed by atoms with Gasteiger partial charge in [-0.05, 0) is 76.0 Å². The number of amides is 1. The van der Waals surface area contributed by atoms with Gasteiger partial charge in [-0.25, -0.2) is 0 Å². The van der Waals surface area contributed by atoms with Crippen LogP contribution in [0.3, 0.4) is 0 Å². The SMILES string of the molecule is CCOC(=O)CC1NCCN(CC2CCC(NC3NCC(C4CCC(OC)CC4)CN3)CC2)C1=O. The summed E-state index contributed by atoms with van der Waals surface area (Å²) in [4.78, 5) is 26.6. The molecule has 4 N–H and O–H groups in total. The summed E-state index contributed by atoms with van der Waals surface area (Å²) in [6.07, 6.45) is 10.3. The van der Waals surface area contributed by atoms with E-state index in [9.17, 15) is 9.59 Å². The highest BCUT2D eigenvalue weighted by Gasteiger charge is 2.34. The lowest BCUT2D eigenvalue weighted by Gasteiger charge is -2.41. The molecule has 2 aliphatic carbocycles. The van der Waals surface area contributed by atoms with Crippen LogP contribution in [0.5, 0.6) is 0 Å². The summed E-state index contributed by atoms with van der Waals surface area (Å²) in [5.74, 6) is 1.80. The highest BCUT2D eigenvalue weighted by molar-refractivity contribution is 5.87. The number of piperazine rings is 1. The first kappa shape index (κ1) is 26.8. The normalized spacial score (nSPS) is 36.7. The second-order valence-electron chi connectivity index (χ2n) is 11.0. The number of rotatable bonds is 9. The molecule has 1 unspecified atom stereocenters. The summed E-state index contributed by atoms with van der Waals surface area (Å²) < 4.78 is 10.6. The van der Waals surface area contributed by atoms with Crippen LogP contribution in [0.4, 0.5) is 0 Å². The molecule has 0 aromatic carbocycles. The van der Waals surface area contributed by atoms with Crippen molar-refractivity contribution in [2.75, 3.05) is 46.4 Å². The highest BCUT2D eigenvalue weighted by atomic mass is 16.5. The summed E-state index contributed by atoms with van der Waals surface area (Å²) in [5.41, 5.74) is 0. The predicted octanol–water partition coefficient (Wildman–Crippen LogP) is 1.19. The maximum atomic E-state index is 12.9. The Bertz CT molecular complexity index is 671. The zero-order chi connectivity index (χ0) is 24.6. The molecular formula is C26H47N5O4. The van der Waals surface area contributed by atoms with E-state index in [0.717, 1.165) is 64.3 Å². The zero-order valence-corrected chi connectivity index (χ0v) is 21.7. The van der Waals surface area contributed by atoms with Crippen LogP contribution in [0.15, 0.2) is 0 Å². The van der Waals surface area contributed by atoms with Crippen molar-refractivity contribution in [2.45, 2.75) is 89.2 Å². The molecule has 0 aromatic heterocycles. The summed E-state index contributed by atoms with van der Waals surface area (Å²) in [7, 11) is 1.84. The molecule has 0 bridgehead atoms. The number of ether oxygens (including phenoxy) is 2. The first-order valence-corrected chi connectivity index (χ1v) is 14.0. The molecule has 2 aliphatic heterocycles. The Balaban J connectivity index is 1.12. The Morgan fingerprint density at radius 2 is 1.71 bits per heavy atom. The van der Waals surface area contributed by atoms with Crippen molar-refractivity contribution in [3.05, 3.63) is 0 Å². The van der Waals surface area contributed by atoms with Crippen molar-refractivity contribution >= 4 is 11.9 Å². The van der Waals surface area contributed by atoms with Crippen LogP contribution in [0, 0.1) is 17.8 Å². The van der Waals surface area contributed by atoms with E-state index in [2.05, 4.69) is 21.3 Å². The Labute approximate surface area is 210 Å². The van der Waals surface area contributed by atoms with E-state index in [0.29, 0.717) is 30.6 Å². The lowest BCUT2D eigenvalue weighted by molar-refractivity contribution is -0.148. The van der Waals surface area contributed by atoms with Crippen LogP contribution >= 0.6 is 0 Å². The number of carbonyl (C=O) groups excluding carboxylic acids is 2. The molecule has 4 aliphatic rings. The largest absolute Gasteiger partial charge is 0.466 e. The van der Waals surface area contributed by atoms with Crippen LogP contribution in [0.2, 0.25) is 0 Å². The molecule has 9 nitrogen and oxygen atoms in total. The van der Waals surface area contributed by atoms with Gasteiger partial charge in [0.25, 0.3) is 0 Å². The second-order valence-corrected chi connectivity index (χ2v) is 11.0. The van der Waals surface area contributed by atoms with E-state index in [-0.39, 0.29) is 24.6 Å². The fourth-order valence-electron chi connectivity index (χ4n) is 6.51. The van der Waals surface area contributed by atoms with Crippen molar-refractivity contribution in [3.8, 4) is 0 Å². The Kier molecular flexibility index (Phi) is 10.2. The van der Waals surface area contributed by atoms with E-state index < -0.39 is 6.04 Å². The van der Waals surface area contributed by atoms with Crippen molar-refractivity contribution in [2.24, 2.45) is 17.8 Å². The van der Waals surface area contributed by atoms with Gasteiger partial charge < -0.3 is 19.7 Å². The third-order valence-corrected chi connectivity index (χ3v) is 8.67. The van der Waals surface area contributed by atoms with Crippen LogP contribution in [0.25, 0.3) is 0 Å². The molecule has 2 saturated heterocycles. The molecule has 0 aromatic rings. The minimum Gasteiger partial charge on any atom is -0.466 e. The topological polar surface area (TPSA) is 104 Å². The molecule has 0 spiro atoms. The average molecular weight is 494 g/mol. The van der Waals surface area contributed by atoms with E-state index in [4.69, 9.17) is 9.47 Å². The molecule has 9 heteroatoms. The van der Waals surface area contributed by atoms with Gasteiger partial charge in [0.15, 0.2) is 0 Å². The Morgan fingerprint density at radius 1 is 1.00 bits per heavy atom. The molecule has 0 radical (unpaired) electrons. The molecule has 4 rings (SSSR count). The van der Waals surface area contributed by atoms with Crippen LogP contribution in [0.1, 0.15) is 64.7 Å². The van der Waals surface area contributed by atoms with Crippen molar-refractivity contribution < 1.29 is 19.1 Å². The van der Waals surface area contributed by atoms with Crippen molar-refractivity contribution in [1.29, 1.82) is 0 Å². The van der Waals surface area contributed by atoms with E-state index in [1.54, 1.807) is 6.92 Å². The molecule has 2 saturated carbocycles. The van der Waals surface area contributed by atoms with Gasteiger partial charge in [0, 0.05) is 45.9 Å². The second kappa shape index (κ2) is 13.3. The molecule has 1 amide bonds. The van der Waals surface area contributed by atoms with Gasteiger partial charge in [-0.3, -0.25) is 25.5 Å². The average Bonchev–Trinajstić information content (AvgIpc) is 2.88. The molecular weight excluding hydrogens is 446 g/mol. The van der Waals surface area contributed by atoms with Gasteiger partial charge in [-0.2, -0.15) is 0 Å². The first-order chi connectivity index (χ1) is 17.1. The van der Waals surface area contributed by atoms with Gasteiger partial charge in [-0.15, -0.1) is 0 Å². The highest BCUT2D eigenvalue weighted by Crippen LogP contribution is 2.32. The maximum absolute atomic E-state index is 12.9. The fraction of sp³-hybridized carbons (Fsp3) is 0.923. The molecule has 2 heterocycles. The van der Waals surface area contributed by atoms with Crippen LogP contribution in [-0.2, 0) is 19.1 Å². The third-order valence-electron chi connectivity index (χ3n) is 8.67. The summed E-state index contributed by atoms with van der Waals surface area (Å²) in [5, 5.41) is 14.4. The van der Waals surface area contributed by atoms with E-state index in [1.807, 2.05) is 12.0 Å². The van der Waals surface area contributed by atoms with Gasteiger partial charge in [0.1, 0.15) is 6.29 Å². The van der Waals surface area contributed by atoms with Gasteiger partial charge >= 0.3 is 5.97 Å². The lowest BCUT2D eigenvalue weighted by Crippen LogP contribution is -2.63. The lowest BCUT2D eigenvalue weighted by atomic mass is 9.78. The number of esters is 1. The van der Waals surface area contributed by atoms with Crippen LogP contribution in [-0.4, -0.2) is 87.7 Å². The molecule has 1 atom stereocenters.